The molecule has 1 atom stereocenters. The van der Waals surface area contributed by atoms with Gasteiger partial charge in [0.15, 0.2) is 0 Å². The van der Waals surface area contributed by atoms with Gasteiger partial charge in [0.25, 0.3) is 0 Å². The molecule has 4 nitrogen and oxygen atoms in total. The van der Waals surface area contributed by atoms with E-state index in [1.165, 1.54) is 11.3 Å². The lowest BCUT2D eigenvalue weighted by atomic mass is 9.98. The first kappa shape index (κ1) is 12.9. The minimum Gasteiger partial charge on any atom is -0.361 e. The van der Waals surface area contributed by atoms with Crippen molar-refractivity contribution in [3.8, 4) is 0 Å². The Bertz CT molecular complexity index is 431. The summed E-state index contributed by atoms with van der Waals surface area (Å²) in [6.45, 7) is 2.04. The zero-order chi connectivity index (χ0) is 13.1. The van der Waals surface area contributed by atoms with Crippen molar-refractivity contribution in [1.29, 1.82) is 0 Å². The Balaban J connectivity index is 2.17. The third kappa shape index (κ3) is 2.48. The quantitative estimate of drug-likeness (QED) is 0.864. The number of amides is 1. The highest BCUT2D eigenvalue weighted by Crippen LogP contribution is 2.37. The molecule has 0 spiro atoms. The molecule has 0 saturated carbocycles. The summed E-state index contributed by atoms with van der Waals surface area (Å²) in [5.41, 5.74) is 8.18. The molecule has 98 valence electrons. The molecule has 0 saturated heterocycles. The van der Waals surface area contributed by atoms with E-state index in [1.807, 2.05) is 6.07 Å². The Morgan fingerprint density at radius 2 is 2.17 bits per heavy atom. The zero-order valence-electron chi connectivity index (χ0n) is 11.1. The summed E-state index contributed by atoms with van der Waals surface area (Å²) in [7, 11) is 3.59. The maximum absolute atomic E-state index is 11.8. The fourth-order valence-electron chi connectivity index (χ4n) is 2.49. The highest BCUT2D eigenvalue weighted by Gasteiger charge is 2.28. The van der Waals surface area contributed by atoms with Gasteiger partial charge in [0, 0.05) is 32.2 Å². The first-order valence-corrected chi connectivity index (χ1v) is 6.37. The van der Waals surface area contributed by atoms with Crippen LogP contribution in [0.3, 0.4) is 0 Å². The van der Waals surface area contributed by atoms with Gasteiger partial charge in [-0.25, -0.2) is 0 Å². The zero-order valence-corrected chi connectivity index (χ0v) is 11.1. The summed E-state index contributed by atoms with van der Waals surface area (Å²) in [5, 5.41) is 0. The number of anilines is 1. The van der Waals surface area contributed by atoms with Crippen LogP contribution in [0, 0.1) is 0 Å². The summed E-state index contributed by atoms with van der Waals surface area (Å²) in [6.07, 6.45) is 0.976. The topological polar surface area (TPSA) is 49.6 Å². The third-order valence-corrected chi connectivity index (χ3v) is 3.50. The number of nitrogens with two attached hydrogens (primary N) is 1. The van der Waals surface area contributed by atoms with Crippen molar-refractivity contribution in [1.82, 2.24) is 4.90 Å². The van der Waals surface area contributed by atoms with Gasteiger partial charge >= 0.3 is 0 Å². The molecule has 1 heterocycles. The van der Waals surface area contributed by atoms with Gasteiger partial charge in [-0.15, -0.1) is 0 Å². The monoisotopic (exact) mass is 247 g/mol. The fourth-order valence-corrected chi connectivity index (χ4v) is 2.49. The highest BCUT2D eigenvalue weighted by atomic mass is 16.2. The van der Waals surface area contributed by atoms with Crippen LogP contribution >= 0.6 is 0 Å². The van der Waals surface area contributed by atoms with Crippen molar-refractivity contribution in [2.24, 2.45) is 5.73 Å². The van der Waals surface area contributed by atoms with Crippen LogP contribution in [0.2, 0.25) is 0 Å². The number of hydrogen-bond donors (Lipinski definition) is 1. The van der Waals surface area contributed by atoms with Crippen molar-refractivity contribution in [3.63, 3.8) is 0 Å². The molecule has 0 radical (unpaired) electrons. The molecule has 1 aliphatic rings. The van der Waals surface area contributed by atoms with E-state index in [1.54, 1.807) is 19.0 Å². The largest absolute Gasteiger partial charge is 0.361 e. The normalized spacial score (nSPS) is 17.7. The molecule has 1 unspecified atom stereocenters. The molecule has 18 heavy (non-hydrogen) atoms. The lowest BCUT2D eigenvalue weighted by Gasteiger charge is -2.21. The Hall–Kier alpha value is -1.55. The Labute approximate surface area is 108 Å². The van der Waals surface area contributed by atoms with E-state index in [2.05, 4.69) is 23.1 Å². The maximum Gasteiger partial charge on any atom is 0.241 e. The molecular formula is C14H21N3O. The molecule has 0 bridgehead atoms. The number of para-hydroxylation sites is 1. The predicted molar refractivity (Wildman–Crippen MR) is 73.8 cm³/mol. The van der Waals surface area contributed by atoms with Crippen LogP contribution in [-0.2, 0) is 4.79 Å². The second-order valence-corrected chi connectivity index (χ2v) is 5.00. The van der Waals surface area contributed by atoms with Gasteiger partial charge < -0.3 is 15.5 Å². The van der Waals surface area contributed by atoms with Gasteiger partial charge in [0.05, 0.1) is 6.54 Å². The number of likely N-dealkylation sites (N-methyl/N-ethyl adjacent to an activating group) is 1. The van der Waals surface area contributed by atoms with Crippen LogP contribution < -0.4 is 10.6 Å². The first-order chi connectivity index (χ1) is 8.63. The number of carbonyl (C=O) groups is 1. The van der Waals surface area contributed by atoms with Crippen molar-refractivity contribution in [2.75, 3.05) is 38.6 Å². The Morgan fingerprint density at radius 3 is 2.83 bits per heavy atom. The molecule has 2 rings (SSSR count). The number of benzene rings is 1. The molecule has 1 aromatic rings. The molecule has 0 fully saturated rings. The maximum atomic E-state index is 11.8. The molecular weight excluding hydrogens is 226 g/mol. The summed E-state index contributed by atoms with van der Waals surface area (Å²) < 4.78 is 0. The molecule has 4 heteroatoms. The van der Waals surface area contributed by atoms with Crippen LogP contribution in [0.25, 0.3) is 0 Å². The van der Waals surface area contributed by atoms with E-state index in [9.17, 15) is 4.79 Å². The van der Waals surface area contributed by atoms with Crippen molar-refractivity contribution < 1.29 is 4.79 Å². The summed E-state index contributed by atoms with van der Waals surface area (Å²) >= 11 is 0. The lowest BCUT2D eigenvalue weighted by Crippen LogP contribution is -2.36. The average Bonchev–Trinajstić information content (AvgIpc) is 2.69. The molecule has 0 aliphatic carbocycles. The van der Waals surface area contributed by atoms with Crippen molar-refractivity contribution >= 4 is 11.6 Å². The van der Waals surface area contributed by atoms with E-state index in [0.717, 1.165) is 13.0 Å². The Morgan fingerprint density at radius 1 is 1.44 bits per heavy atom. The summed E-state index contributed by atoms with van der Waals surface area (Å²) in [5.74, 6) is 0.597. The second-order valence-electron chi connectivity index (χ2n) is 5.00. The minimum absolute atomic E-state index is 0.137. The van der Waals surface area contributed by atoms with Crippen LogP contribution in [0.4, 0.5) is 5.69 Å². The molecule has 1 aromatic carbocycles. The van der Waals surface area contributed by atoms with E-state index in [4.69, 9.17) is 5.73 Å². The van der Waals surface area contributed by atoms with Crippen LogP contribution in [0.5, 0.6) is 0 Å². The number of fused-ring (bicyclic) bond motifs is 1. The summed E-state index contributed by atoms with van der Waals surface area (Å²) in [4.78, 5) is 15.6. The van der Waals surface area contributed by atoms with Gasteiger partial charge in [0.1, 0.15) is 0 Å². The first-order valence-electron chi connectivity index (χ1n) is 6.37. The number of hydrogen-bond acceptors (Lipinski definition) is 3. The SMILES string of the molecule is CN(C)C(=O)CN1CC(CCN)c2ccccc21. The molecule has 2 N–H and O–H groups in total. The van der Waals surface area contributed by atoms with E-state index < -0.39 is 0 Å². The smallest absolute Gasteiger partial charge is 0.241 e. The van der Waals surface area contributed by atoms with Crippen LogP contribution in [0.15, 0.2) is 24.3 Å². The van der Waals surface area contributed by atoms with Crippen molar-refractivity contribution in [3.05, 3.63) is 29.8 Å². The Kier molecular flexibility index (Phi) is 3.87. The van der Waals surface area contributed by atoms with E-state index >= 15 is 0 Å². The van der Waals surface area contributed by atoms with Gasteiger partial charge in [-0.3, -0.25) is 4.79 Å². The van der Waals surface area contributed by atoms with E-state index in [-0.39, 0.29) is 5.91 Å². The fraction of sp³-hybridized carbons (Fsp3) is 0.500. The van der Waals surface area contributed by atoms with Crippen LogP contribution in [0.1, 0.15) is 17.9 Å². The van der Waals surface area contributed by atoms with Gasteiger partial charge in [-0.05, 0) is 24.6 Å². The summed E-state index contributed by atoms with van der Waals surface area (Å²) in [6, 6.07) is 8.32. The van der Waals surface area contributed by atoms with Crippen LogP contribution in [-0.4, -0.2) is 44.5 Å². The van der Waals surface area contributed by atoms with Gasteiger partial charge in [-0.2, -0.15) is 0 Å². The lowest BCUT2D eigenvalue weighted by molar-refractivity contribution is -0.127. The number of rotatable bonds is 4. The second kappa shape index (κ2) is 5.40. The molecule has 0 aromatic heterocycles. The van der Waals surface area contributed by atoms with Gasteiger partial charge in [-0.1, -0.05) is 18.2 Å². The standard InChI is InChI=1S/C14H21N3O/c1-16(2)14(18)10-17-9-11(7-8-15)12-5-3-4-6-13(12)17/h3-6,11H,7-10,15H2,1-2H3. The third-order valence-electron chi connectivity index (χ3n) is 3.50. The van der Waals surface area contributed by atoms with E-state index in [0.29, 0.717) is 19.0 Å². The number of carbonyl (C=O) groups excluding carboxylic acids is 1. The number of nitrogens with zero attached hydrogens (tertiary/aromatic N) is 2. The minimum atomic E-state index is 0.137. The predicted octanol–water partition coefficient (Wildman–Crippen LogP) is 1.03. The molecule has 1 aliphatic heterocycles. The highest BCUT2D eigenvalue weighted by molar-refractivity contribution is 5.82. The average molecular weight is 247 g/mol. The van der Waals surface area contributed by atoms with Gasteiger partial charge in [0.2, 0.25) is 5.91 Å². The van der Waals surface area contributed by atoms with Crippen molar-refractivity contribution in [2.45, 2.75) is 12.3 Å². The molecule has 1 amide bonds.